The normalized spacial score (nSPS) is 14.9. The Hall–Kier alpha value is -2.73. The first-order valence-corrected chi connectivity index (χ1v) is 10.3. The van der Waals surface area contributed by atoms with E-state index in [4.69, 9.17) is 14.2 Å². The summed E-state index contributed by atoms with van der Waals surface area (Å²) in [5.41, 5.74) is 2.79. The smallest absolute Gasteiger partial charge is 0.251 e. The lowest BCUT2D eigenvalue weighted by Gasteiger charge is -2.29. The van der Waals surface area contributed by atoms with Gasteiger partial charge in [0.2, 0.25) is 0 Å². The van der Waals surface area contributed by atoms with Gasteiger partial charge in [-0.05, 0) is 56.7 Å². The Kier molecular flexibility index (Phi) is 7.36. The molecule has 1 heterocycles. The molecule has 2 aromatic carbocycles. The van der Waals surface area contributed by atoms with Gasteiger partial charge in [-0.2, -0.15) is 0 Å². The predicted molar refractivity (Wildman–Crippen MR) is 114 cm³/mol. The molecule has 156 valence electrons. The lowest BCUT2D eigenvalue weighted by Crippen LogP contribution is -2.36. The van der Waals surface area contributed by atoms with Crippen molar-refractivity contribution in [2.45, 2.75) is 26.8 Å². The quantitative estimate of drug-likeness (QED) is 0.733. The van der Waals surface area contributed by atoms with Crippen molar-refractivity contribution in [3.8, 4) is 11.5 Å². The number of hydrogen-bond acceptors (Lipinski definition) is 5. The third kappa shape index (κ3) is 5.41. The number of amides is 1. The number of carbonyl (C=O) groups excluding carboxylic acids is 1. The largest absolute Gasteiger partial charge is 0.490 e. The van der Waals surface area contributed by atoms with Crippen molar-refractivity contribution in [3.05, 3.63) is 53.6 Å². The molecule has 1 amide bonds. The van der Waals surface area contributed by atoms with Crippen LogP contribution in [-0.2, 0) is 4.74 Å². The second kappa shape index (κ2) is 10.2. The first-order chi connectivity index (χ1) is 14.1. The minimum Gasteiger partial charge on any atom is -0.490 e. The fourth-order valence-electron chi connectivity index (χ4n) is 3.35. The molecule has 0 aromatic heterocycles. The molecule has 1 unspecified atom stereocenters. The Morgan fingerprint density at radius 1 is 1.03 bits per heavy atom. The summed E-state index contributed by atoms with van der Waals surface area (Å²) in [5, 5.41) is 3.06. The van der Waals surface area contributed by atoms with Gasteiger partial charge in [0.15, 0.2) is 11.5 Å². The maximum absolute atomic E-state index is 12.7. The highest BCUT2D eigenvalue weighted by Gasteiger charge is 2.16. The van der Waals surface area contributed by atoms with Crippen molar-refractivity contribution in [1.82, 2.24) is 5.32 Å². The first-order valence-electron chi connectivity index (χ1n) is 10.3. The summed E-state index contributed by atoms with van der Waals surface area (Å²) >= 11 is 0. The van der Waals surface area contributed by atoms with Gasteiger partial charge in [-0.15, -0.1) is 0 Å². The van der Waals surface area contributed by atoms with E-state index in [-0.39, 0.29) is 11.9 Å². The molecule has 0 saturated carbocycles. The van der Waals surface area contributed by atoms with Gasteiger partial charge in [0.25, 0.3) is 5.91 Å². The van der Waals surface area contributed by atoms with Gasteiger partial charge in [0.05, 0.1) is 32.5 Å². The number of carbonyl (C=O) groups is 1. The molecular weight excluding hydrogens is 368 g/mol. The van der Waals surface area contributed by atoms with Crippen molar-refractivity contribution in [2.24, 2.45) is 0 Å². The van der Waals surface area contributed by atoms with Crippen molar-refractivity contribution < 1.29 is 19.0 Å². The summed E-state index contributed by atoms with van der Waals surface area (Å²) in [4.78, 5) is 15.0. The zero-order valence-electron chi connectivity index (χ0n) is 17.4. The second-order valence-electron chi connectivity index (χ2n) is 6.91. The number of morpholine rings is 1. The van der Waals surface area contributed by atoms with Crippen LogP contribution < -0.4 is 19.7 Å². The van der Waals surface area contributed by atoms with Crippen LogP contribution in [0.3, 0.4) is 0 Å². The minimum atomic E-state index is -0.140. The standard InChI is InChI=1S/C23H30N2O4/c1-4-28-21-11-8-19(16-22(21)29-5-2)23(26)24-17(3)18-6-9-20(10-7-18)25-12-14-27-15-13-25/h6-11,16-17H,4-5,12-15H2,1-3H3,(H,24,26). The molecule has 1 atom stereocenters. The molecule has 1 fully saturated rings. The molecule has 0 radical (unpaired) electrons. The Balaban J connectivity index is 1.66. The van der Waals surface area contributed by atoms with E-state index in [9.17, 15) is 4.79 Å². The zero-order valence-corrected chi connectivity index (χ0v) is 17.4. The molecule has 1 N–H and O–H groups in total. The third-order valence-electron chi connectivity index (χ3n) is 4.92. The fourth-order valence-corrected chi connectivity index (χ4v) is 3.35. The molecule has 29 heavy (non-hydrogen) atoms. The van der Waals surface area contributed by atoms with Crippen LogP contribution in [0.15, 0.2) is 42.5 Å². The Morgan fingerprint density at radius 2 is 1.69 bits per heavy atom. The van der Waals surface area contributed by atoms with E-state index in [1.54, 1.807) is 18.2 Å². The molecule has 3 rings (SSSR count). The highest BCUT2D eigenvalue weighted by atomic mass is 16.5. The van der Waals surface area contributed by atoms with Crippen LogP contribution in [0.4, 0.5) is 5.69 Å². The van der Waals surface area contributed by atoms with E-state index in [1.165, 1.54) is 5.69 Å². The van der Waals surface area contributed by atoms with Crippen LogP contribution in [0.5, 0.6) is 11.5 Å². The lowest BCUT2D eigenvalue weighted by atomic mass is 10.1. The van der Waals surface area contributed by atoms with Crippen molar-refractivity contribution in [3.63, 3.8) is 0 Å². The van der Waals surface area contributed by atoms with Gasteiger partial charge >= 0.3 is 0 Å². The van der Waals surface area contributed by atoms with Crippen molar-refractivity contribution >= 4 is 11.6 Å². The SMILES string of the molecule is CCOc1ccc(C(=O)NC(C)c2ccc(N3CCOCC3)cc2)cc1OCC. The summed E-state index contributed by atoms with van der Waals surface area (Å²) in [6.45, 7) is 10.2. The predicted octanol–water partition coefficient (Wildman–Crippen LogP) is 3.81. The van der Waals surface area contributed by atoms with E-state index in [0.29, 0.717) is 30.3 Å². The van der Waals surface area contributed by atoms with Crippen LogP contribution in [-0.4, -0.2) is 45.4 Å². The lowest BCUT2D eigenvalue weighted by molar-refractivity contribution is 0.0939. The monoisotopic (exact) mass is 398 g/mol. The van der Waals surface area contributed by atoms with E-state index < -0.39 is 0 Å². The number of rotatable bonds is 8. The van der Waals surface area contributed by atoms with Crippen LogP contribution in [0, 0.1) is 0 Å². The van der Waals surface area contributed by atoms with Crippen LogP contribution >= 0.6 is 0 Å². The number of ether oxygens (including phenoxy) is 3. The molecule has 1 saturated heterocycles. The Labute approximate surface area is 172 Å². The number of anilines is 1. The van der Waals surface area contributed by atoms with Crippen LogP contribution in [0.25, 0.3) is 0 Å². The van der Waals surface area contributed by atoms with E-state index >= 15 is 0 Å². The van der Waals surface area contributed by atoms with Gasteiger partial charge in [0.1, 0.15) is 0 Å². The summed E-state index contributed by atoms with van der Waals surface area (Å²) in [7, 11) is 0. The zero-order chi connectivity index (χ0) is 20.6. The average Bonchev–Trinajstić information content (AvgIpc) is 2.76. The molecule has 1 aliphatic rings. The van der Waals surface area contributed by atoms with Gasteiger partial charge in [-0.1, -0.05) is 12.1 Å². The van der Waals surface area contributed by atoms with E-state index in [1.807, 2.05) is 20.8 Å². The summed E-state index contributed by atoms with van der Waals surface area (Å²) < 4.78 is 16.6. The number of hydrogen-bond donors (Lipinski definition) is 1. The Bertz CT molecular complexity index is 801. The van der Waals surface area contributed by atoms with Gasteiger partial charge < -0.3 is 24.4 Å². The van der Waals surface area contributed by atoms with Gasteiger partial charge in [-0.25, -0.2) is 0 Å². The van der Waals surface area contributed by atoms with Crippen molar-refractivity contribution in [2.75, 3.05) is 44.4 Å². The van der Waals surface area contributed by atoms with Gasteiger partial charge in [-0.3, -0.25) is 4.79 Å². The topological polar surface area (TPSA) is 60.0 Å². The molecule has 1 aliphatic heterocycles. The number of benzene rings is 2. The fraction of sp³-hybridized carbons (Fsp3) is 0.435. The van der Waals surface area contributed by atoms with Crippen LogP contribution in [0.1, 0.15) is 42.7 Å². The summed E-state index contributed by atoms with van der Waals surface area (Å²) in [5.74, 6) is 1.10. The van der Waals surface area contributed by atoms with Crippen LogP contribution in [0.2, 0.25) is 0 Å². The maximum Gasteiger partial charge on any atom is 0.251 e. The van der Waals surface area contributed by atoms with Gasteiger partial charge in [0, 0.05) is 24.3 Å². The van der Waals surface area contributed by atoms with E-state index in [2.05, 4.69) is 34.5 Å². The average molecular weight is 399 g/mol. The highest BCUT2D eigenvalue weighted by Crippen LogP contribution is 2.29. The molecule has 0 spiro atoms. The highest BCUT2D eigenvalue weighted by molar-refractivity contribution is 5.95. The second-order valence-corrected chi connectivity index (χ2v) is 6.91. The molecule has 0 aliphatic carbocycles. The molecule has 6 nitrogen and oxygen atoms in total. The maximum atomic E-state index is 12.7. The van der Waals surface area contributed by atoms with E-state index in [0.717, 1.165) is 31.9 Å². The minimum absolute atomic E-state index is 0.108. The molecule has 6 heteroatoms. The summed E-state index contributed by atoms with van der Waals surface area (Å²) in [6, 6.07) is 13.5. The first kappa shape index (κ1) is 21.0. The third-order valence-corrected chi connectivity index (χ3v) is 4.92. The number of nitrogens with zero attached hydrogens (tertiary/aromatic N) is 1. The summed E-state index contributed by atoms with van der Waals surface area (Å²) in [6.07, 6.45) is 0. The molecule has 0 bridgehead atoms. The number of nitrogens with one attached hydrogen (secondary N) is 1. The van der Waals surface area contributed by atoms with Crippen molar-refractivity contribution in [1.29, 1.82) is 0 Å². The Morgan fingerprint density at radius 3 is 2.34 bits per heavy atom. The molecular formula is C23H30N2O4. The molecule has 2 aromatic rings.